The highest BCUT2D eigenvalue weighted by Gasteiger charge is 2.51. The molecule has 4 nitrogen and oxygen atoms in total. The first kappa shape index (κ1) is 35.8. The summed E-state index contributed by atoms with van der Waals surface area (Å²) in [4.78, 5) is 10.4. The lowest BCUT2D eigenvalue weighted by atomic mass is 9.65. The quantitative estimate of drug-likeness (QED) is 0.182. The van der Waals surface area contributed by atoms with Crippen molar-refractivity contribution in [1.29, 1.82) is 0 Å². The number of para-hydroxylation sites is 2. The molecule has 1 aliphatic carbocycles. The van der Waals surface area contributed by atoms with Crippen molar-refractivity contribution in [3.8, 4) is 56.0 Å². The fraction of sp³-hybridized carbons (Fsp3) is 0.0345. The maximum Gasteiger partial charge on any atom is 0.159 e. The number of hydrogen-bond donors (Lipinski definition) is 1. The lowest BCUT2D eigenvalue weighted by Crippen LogP contribution is -2.33. The van der Waals surface area contributed by atoms with E-state index >= 15 is 0 Å². The second-order valence-corrected chi connectivity index (χ2v) is 16.1. The Hall–Kier alpha value is -8.08. The number of aliphatic imine (C=N–C) groups is 2. The maximum atomic E-state index is 6.68. The van der Waals surface area contributed by atoms with E-state index in [-0.39, 0.29) is 6.17 Å². The molecule has 0 saturated heterocycles. The van der Waals surface area contributed by atoms with E-state index in [0.717, 1.165) is 61.8 Å². The highest BCUT2D eigenvalue weighted by molar-refractivity contribution is 6.13. The fourth-order valence-corrected chi connectivity index (χ4v) is 9.71. The van der Waals surface area contributed by atoms with Crippen molar-refractivity contribution in [1.82, 2.24) is 5.32 Å². The molecule has 0 radical (unpaired) electrons. The topological polar surface area (TPSA) is 46.0 Å². The number of nitrogens with one attached hydrogen (secondary N) is 1. The van der Waals surface area contributed by atoms with E-state index in [9.17, 15) is 0 Å². The third-order valence-electron chi connectivity index (χ3n) is 12.6. The van der Waals surface area contributed by atoms with Crippen molar-refractivity contribution in [2.45, 2.75) is 11.6 Å². The number of rotatable bonds is 6. The Balaban J connectivity index is 0.990. The molecule has 3 aliphatic rings. The fourth-order valence-electron chi connectivity index (χ4n) is 9.71. The average Bonchev–Trinajstić information content (AvgIpc) is 3.64. The van der Waals surface area contributed by atoms with E-state index in [4.69, 9.17) is 14.7 Å². The maximum absolute atomic E-state index is 6.68. The molecule has 1 N–H and O–H groups in total. The Labute approximate surface area is 361 Å². The van der Waals surface area contributed by atoms with Crippen molar-refractivity contribution in [2.75, 3.05) is 0 Å². The number of benzene rings is 9. The van der Waals surface area contributed by atoms with Crippen molar-refractivity contribution in [3.05, 3.63) is 263 Å². The average molecular weight is 794 g/mol. The van der Waals surface area contributed by atoms with E-state index in [1.54, 1.807) is 0 Å². The first-order chi connectivity index (χ1) is 30.7. The van der Waals surface area contributed by atoms with Crippen LogP contribution in [-0.2, 0) is 5.41 Å². The lowest BCUT2D eigenvalue weighted by Gasteiger charge is -2.39. The molecule has 0 bridgehead atoms. The smallest absolute Gasteiger partial charge is 0.159 e. The summed E-state index contributed by atoms with van der Waals surface area (Å²) in [6.45, 7) is 0. The highest BCUT2D eigenvalue weighted by Crippen LogP contribution is 2.62. The Morgan fingerprint density at radius 1 is 0.371 bits per heavy atom. The molecule has 0 saturated carbocycles. The minimum Gasteiger partial charge on any atom is -0.457 e. The summed E-state index contributed by atoms with van der Waals surface area (Å²) in [5.74, 6) is 3.23. The van der Waals surface area contributed by atoms with Crippen LogP contribution in [0.2, 0.25) is 0 Å². The zero-order chi connectivity index (χ0) is 41.0. The summed E-state index contributed by atoms with van der Waals surface area (Å²) >= 11 is 0. The van der Waals surface area contributed by atoms with Gasteiger partial charge in [-0.25, -0.2) is 9.98 Å². The van der Waals surface area contributed by atoms with Crippen LogP contribution >= 0.6 is 0 Å². The van der Waals surface area contributed by atoms with Crippen LogP contribution in [0.15, 0.2) is 234 Å². The number of amidine groups is 2. The molecule has 0 fully saturated rings. The van der Waals surface area contributed by atoms with Gasteiger partial charge in [-0.2, -0.15) is 0 Å². The van der Waals surface area contributed by atoms with Gasteiger partial charge in [0.15, 0.2) is 5.84 Å². The van der Waals surface area contributed by atoms with E-state index in [2.05, 4.69) is 218 Å². The molecule has 0 amide bonds. The molecule has 1 spiro atoms. The van der Waals surface area contributed by atoms with Gasteiger partial charge in [0.1, 0.15) is 23.5 Å². The van der Waals surface area contributed by atoms with Crippen LogP contribution in [0.3, 0.4) is 0 Å². The molecule has 4 heteroatoms. The molecule has 9 aromatic carbocycles. The van der Waals surface area contributed by atoms with Crippen LogP contribution in [0, 0.1) is 0 Å². The molecule has 2 aliphatic heterocycles. The van der Waals surface area contributed by atoms with Crippen LogP contribution < -0.4 is 10.1 Å². The second kappa shape index (κ2) is 14.6. The van der Waals surface area contributed by atoms with Crippen molar-refractivity contribution in [2.24, 2.45) is 9.98 Å². The molecule has 292 valence electrons. The minimum atomic E-state index is -0.603. The van der Waals surface area contributed by atoms with Crippen molar-refractivity contribution >= 4 is 11.7 Å². The van der Waals surface area contributed by atoms with Crippen LogP contribution in [-0.4, -0.2) is 11.7 Å². The van der Waals surface area contributed by atoms with Gasteiger partial charge in [0, 0.05) is 22.3 Å². The second-order valence-electron chi connectivity index (χ2n) is 16.1. The van der Waals surface area contributed by atoms with Gasteiger partial charge in [0.25, 0.3) is 0 Å². The first-order valence-electron chi connectivity index (χ1n) is 21.2. The van der Waals surface area contributed by atoms with Gasteiger partial charge < -0.3 is 10.1 Å². The van der Waals surface area contributed by atoms with Crippen molar-refractivity contribution in [3.63, 3.8) is 0 Å². The highest BCUT2D eigenvalue weighted by atomic mass is 16.5. The van der Waals surface area contributed by atoms with Gasteiger partial charge in [0.05, 0.1) is 5.41 Å². The zero-order valence-corrected chi connectivity index (χ0v) is 33.7. The predicted octanol–water partition coefficient (Wildman–Crippen LogP) is 13.7. The van der Waals surface area contributed by atoms with Gasteiger partial charge >= 0.3 is 0 Å². The largest absolute Gasteiger partial charge is 0.457 e. The molecule has 12 rings (SSSR count). The van der Waals surface area contributed by atoms with E-state index < -0.39 is 5.41 Å². The summed E-state index contributed by atoms with van der Waals surface area (Å²) in [7, 11) is 0. The van der Waals surface area contributed by atoms with Gasteiger partial charge in [-0.15, -0.1) is 0 Å². The van der Waals surface area contributed by atoms with Crippen LogP contribution in [0.25, 0.3) is 44.5 Å². The SMILES string of the molecule is c1ccc(-c2ccc(C3=NC(c4ccccc4)NC(c4cccc(-c5ccc6c(c5)C5(c7ccccc7Oc7ccccc75)c5cc(-c7ccccc7)ccc5-6)c4)=N3)cc2)cc1. The van der Waals surface area contributed by atoms with Crippen LogP contribution in [0.4, 0.5) is 0 Å². The monoisotopic (exact) mass is 793 g/mol. The number of fused-ring (bicyclic) bond motifs is 9. The summed E-state index contributed by atoms with van der Waals surface area (Å²) in [5, 5.41) is 3.69. The minimum absolute atomic E-state index is 0.302. The zero-order valence-electron chi connectivity index (χ0n) is 33.7. The van der Waals surface area contributed by atoms with Gasteiger partial charge in [-0.05, 0) is 91.5 Å². The Morgan fingerprint density at radius 2 is 0.823 bits per heavy atom. The first-order valence-corrected chi connectivity index (χ1v) is 21.2. The molecule has 0 aromatic heterocycles. The molecule has 1 unspecified atom stereocenters. The van der Waals surface area contributed by atoms with E-state index in [1.807, 2.05) is 12.1 Å². The lowest BCUT2D eigenvalue weighted by molar-refractivity contribution is 0.436. The molecule has 1 atom stereocenters. The predicted molar refractivity (Wildman–Crippen MR) is 252 cm³/mol. The number of hydrogen-bond acceptors (Lipinski definition) is 4. The Bertz CT molecular complexity index is 3180. The third-order valence-corrected chi connectivity index (χ3v) is 12.6. The molecular formula is C58H39N3O. The Kier molecular flexibility index (Phi) is 8.42. The molecular weight excluding hydrogens is 755 g/mol. The van der Waals surface area contributed by atoms with E-state index in [1.165, 1.54) is 38.9 Å². The number of ether oxygens (including phenoxy) is 1. The van der Waals surface area contributed by atoms with Crippen molar-refractivity contribution < 1.29 is 4.74 Å². The van der Waals surface area contributed by atoms with Gasteiger partial charge in [-0.1, -0.05) is 194 Å². The van der Waals surface area contributed by atoms with Crippen LogP contribution in [0.5, 0.6) is 11.5 Å². The third kappa shape index (κ3) is 5.83. The van der Waals surface area contributed by atoms with E-state index in [0.29, 0.717) is 5.84 Å². The summed E-state index contributed by atoms with van der Waals surface area (Å²) in [6.07, 6.45) is -0.302. The number of nitrogens with zero attached hydrogens (tertiary/aromatic N) is 2. The summed E-state index contributed by atoms with van der Waals surface area (Å²) in [6, 6.07) is 79.9. The molecule has 2 heterocycles. The summed E-state index contributed by atoms with van der Waals surface area (Å²) in [5.41, 5.74) is 16.6. The van der Waals surface area contributed by atoms with Crippen LogP contribution in [0.1, 0.15) is 45.1 Å². The molecule has 9 aromatic rings. The standard InChI is InChI=1S/C58H39N3O/c1-4-15-38(16-5-1)40-27-29-42(30-28-40)56-59-55(41-19-8-3-9-20-41)60-57(61-56)46-22-14-21-43(35-46)45-32-34-48-47-33-31-44(39-17-6-2-7-18-39)36-51(47)58(52(48)37-45)49-23-10-12-25-53(49)62-54-26-13-11-24-50(54)58/h1-37,55H,(H,59,60,61). The Morgan fingerprint density at radius 3 is 1.45 bits per heavy atom. The van der Waals surface area contributed by atoms with Gasteiger partial charge in [-0.3, -0.25) is 0 Å². The molecule has 62 heavy (non-hydrogen) atoms. The van der Waals surface area contributed by atoms with Gasteiger partial charge in [0.2, 0.25) is 0 Å². The summed E-state index contributed by atoms with van der Waals surface area (Å²) < 4.78 is 6.68. The normalized spacial score (nSPS) is 15.2.